The number of allylic oxidation sites excluding steroid dienone is 1. The van der Waals surface area contributed by atoms with Gasteiger partial charge in [0.05, 0.1) is 0 Å². The van der Waals surface area contributed by atoms with Crippen LogP contribution in [0.15, 0.2) is 35.9 Å². The number of hydrogen-bond donors (Lipinski definition) is 2. The minimum absolute atomic E-state index is 0.0402. The Bertz CT molecular complexity index is 610. The van der Waals surface area contributed by atoms with Crippen LogP contribution >= 0.6 is 0 Å². The Balaban J connectivity index is 1.96. The van der Waals surface area contributed by atoms with Crippen LogP contribution in [0.1, 0.15) is 39.5 Å². The van der Waals surface area contributed by atoms with Gasteiger partial charge in [-0.3, -0.25) is 4.79 Å². The first-order chi connectivity index (χ1) is 11.0. The molecule has 1 aliphatic carbocycles. The molecule has 0 saturated carbocycles. The molecule has 1 aliphatic rings. The van der Waals surface area contributed by atoms with E-state index in [2.05, 4.69) is 16.7 Å². The van der Waals surface area contributed by atoms with Crippen molar-refractivity contribution < 1.29 is 9.59 Å². The molecule has 0 aromatic heterocycles. The third-order valence-corrected chi connectivity index (χ3v) is 4.19. The maximum atomic E-state index is 12.2. The fourth-order valence-corrected chi connectivity index (χ4v) is 2.69. The van der Waals surface area contributed by atoms with Gasteiger partial charge < -0.3 is 15.5 Å². The summed E-state index contributed by atoms with van der Waals surface area (Å²) in [6.45, 7) is 3.52. The molecule has 0 fully saturated rings. The molecule has 23 heavy (non-hydrogen) atoms. The molecule has 0 aliphatic heterocycles. The van der Waals surface area contributed by atoms with E-state index < -0.39 is 0 Å². The highest BCUT2D eigenvalue weighted by Crippen LogP contribution is 2.21. The van der Waals surface area contributed by atoms with E-state index >= 15 is 0 Å². The lowest BCUT2D eigenvalue weighted by molar-refractivity contribution is -0.116. The Hall–Kier alpha value is -2.30. The molecule has 124 valence electrons. The first-order valence-electron chi connectivity index (χ1n) is 8.08. The summed E-state index contributed by atoms with van der Waals surface area (Å²) in [4.78, 5) is 25.1. The van der Waals surface area contributed by atoms with Gasteiger partial charge in [0.2, 0.25) is 5.91 Å². The van der Waals surface area contributed by atoms with Gasteiger partial charge in [0.15, 0.2) is 0 Å². The third kappa shape index (κ3) is 4.84. The van der Waals surface area contributed by atoms with Crippen LogP contribution in [-0.4, -0.2) is 25.0 Å². The lowest BCUT2D eigenvalue weighted by atomic mass is 9.95. The highest BCUT2D eigenvalue weighted by molar-refractivity contribution is 5.93. The molecular weight excluding hydrogens is 290 g/mol. The van der Waals surface area contributed by atoms with Crippen LogP contribution in [0.4, 0.5) is 16.2 Å². The molecule has 5 heteroatoms. The molecule has 0 bridgehead atoms. The van der Waals surface area contributed by atoms with Crippen LogP contribution in [0.25, 0.3) is 0 Å². The number of nitrogens with zero attached hydrogens (tertiary/aromatic N) is 1. The Morgan fingerprint density at radius 1 is 1.26 bits per heavy atom. The molecular formula is C18H25N3O2. The molecule has 1 aromatic carbocycles. The van der Waals surface area contributed by atoms with Crippen molar-refractivity contribution in [1.29, 1.82) is 0 Å². The molecule has 2 rings (SSSR count). The minimum atomic E-state index is -0.230. The van der Waals surface area contributed by atoms with Gasteiger partial charge in [0.1, 0.15) is 0 Å². The van der Waals surface area contributed by atoms with Crippen LogP contribution in [0.3, 0.4) is 0 Å². The largest absolute Gasteiger partial charge is 0.332 e. The van der Waals surface area contributed by atoms with E-state index in [1.807, 2.05) is 25.1 Å². The molecule has 0 saturated heterocycles. The van der Waals surface area contributed by atoms with E-state index in [0.29, 0.717) is 5.69 Å². The lowest BCUT2D eigenvalue weighted by Crippen LogP contribution is -2.37. The van der Waals surface area contributed by atoms with E-state index in [9.17, 15) is 9.59 Å². The van der Waals surface area contributed by atoms with Crippen LogP contribution in [0, 0.1) is 0 Å². The van der Waals surface area contributed by atoms with E-state index in [-0.39, 0.29) is 18.0 Å². The fourth-order valence-electron chi connectivity index (χ4n) is 2.69. The van der Waals surface area contributed by atoms with E-state index in [1.165, 1.54) is 25.3 Å². The highest BCUT2D eigenvalue weighted by atomic mass is 16.2. The van der Waals surface area contributed by atoms with Crippen molar-refractivity contribution in [3.63, 3.8) is 0 Å². The molecule has 2 N–H and O–H groups in total. The van der Waals surface area contributed by atoms with Crippen molar-refractivity contribution in [1.82, 2.24) is 5.32 Å². The Labute approximate surface area is 137 Å². The van der Waals surface area contributed by atoms with Crippen LogP contribution < -0.4 is 15.5 Å². The maximum absolute atomic E-state index is 12.2. The van der Waals surface area contributed by atoms with Gasteiger partial charge in [0.25, 0.3) is 0 Å². The molecule has 1 aromatic rings. The van der Waals surface area contributed by atoms with Crippen molar-refractivity contribution in [2.75, 3.05) is 17.3 Å². The summed E-state index contributed by atoms with van der Waals surface area (Å²) in [6, 6.07) is 7.05. The summed E-state index contributed by atoms with van der Waals surface area (Å²) < 4.78 is 0. The second kappa shape index (κ2) is 7.81. The van der Waals surface area contributed by atoms with Crippen LogP contribution in [0.2, 0.25) is 0 Å². The zero-order valence-electron chi connectivity index (χ0n) is 14.1. The van der Waals surface area contributed by atoms with Crippen LogP contribution in [-0.2, 0) is 4.79 Å². The van der Waals surface area contributed by atoms with Gasteiger partial charge in [-0.15, -0.1) is 0 Å². The number of urea groups is 1. The quantitative estimate of drug-likeness (QED) is 0.833. The van der Waals surface area contributed by atoms with Crippen molar-refractivity contribution in [2.24, 2.45) is 0 Å². The monoisotopic (exact) mass is 315 g/mol. The second-order valence-electron chi connectivity index (χ2n) is 5.97. The van der Waals surface area contributed by atoms with E-state index in [1.54, 1.807) is 18.0 Å². The molecule has 0 unspecified atom stereocenters. The summed E-state index contributed by atoms with van der Waals surface area (Å²) in [7, 11) is 1.71. The van der Waals surface area contributed by atoms with Gasteiger partial charge >= 0.3 is 6.03 Å². The van der Waals surface area contributed by atoms with Gasteiger partial charge in [-0.2, -0.15) is 0 Å². The molecule has 3 amide bonds. The first kappa shape index (κ1) is 17.1. The molecule has 5 nitrogen and oxygen atoms in total. The Morgan fingerprint density at radius 3 is 2.70 bits per heavy atom. The number of hydrogen-bond acceptors (Lipinski definition) is 2. The number of amides is 3. The maximum Gasteiger partial charge on any atom is 0.319 e. The van der Waals surface area contributed by atoms with Gasteiger partial charge in [-0.1, -0.05) is 17.7 Å². The Morgan fingerprint density at radius 2 is 2.04 bits per heavy atom. The molecule has 0 heterocycles. The number of rotatable bonds is 4. The standard InChI is InChI=1S/C18H25N3O2/c1-13(15-8-5-4-6-9-15)19-18(23)20-16-10-7-11-17(12-16)21(3)14(2)22/h7-8,10-13H,4-6,9H2,1-3H3,(H2,19,20,23)/t13-/m1/s1. The fraction of sp³-hybridized carbons (Fsp3) is 0.444. The smallest absolute Gasteiger partial charge is 0.319 e. The Kier molecular flexibility index (Phi) is 5.79. The van der Waals surface area contributed by atoms with Crippen LogP contribution in [0.5, 0.6) is 0 Å². The topological polar surface area (TPSA) is 61.4 Å². The van der Waals surface area contributed by atoms with E-state index in [0.717, 1.165) is 18.5 Å². The summed E-state index contributed by atoms with van der Waals surface area (Å²) in [6.07, 6.45) is 6.82. The molecule has 0 spiro atoms. The summed E-state index contributed by atoms with van der Waals surface area (Å²) in [5.74, 6) is -0.0514. The van der Waals surface area contributed by atoms with Gasteiger partial charge in [-0.25, -0.2) is 4.79 Å². The highest BCUT2D eigenvalue weighted by Gasteiger charge is 2.14. The number of carbonyl (C=O) groups is 2. The zero-order valence-corrected chi connectivity index (χ0v) is 14.1. The number of benzene rings is 1. The first-order valence-corrected chi connectivity index (χ1v) is 8.08. The number of anilines is 2. The average Bonchev–Trinajstić information content (AvgIpc) is 2.55. The predicted molar refractivity (Wildman–Crippen MR) is 93.7 cm³/mol. The van der Waals surface area contributed by atoms with Gasteiger partial charge in [-0.05, 0) is 50.8 Å². The average molecular weight is 315 g/mol. The SMILES string of the molecule is CC(=O)N(C)c1cccc(NC(=O)N[C@H](C)C2=CCCCC2)c1. The zero-order chi connectivity index (χ0) is 16.8. The third-order valence-electron chi connectivity index (χ3n) is 4.19. The summed E-state index contributed by atoms with van der Waals surface area (Å²) in [5, 5.41) is 5.80. The second-order valence-corrected chi connectivity index (χ2v) is 5.97. The number of carbonyl (C=O) groups excluding carboxylic acids is 2. The van der Waals surface area contributed by atoms with Crippen molar-refractivity contribution in [3.05, 3.63) is 35.9 Å². The normalized spacial score (nSPS) is 15.3. The minimum Gasteiger partial charge on any atom is -0.332 e. The van der Waals surface area contributed by atoms with E-state index in [4.69, 9.17) is 0 Å². The lowest BCUT2D eigenvalue weighted by Gasteiger charge is -2.21. The van der Waals surface area contributed by atoms with Crippen molar-refractivity contribution in [3.8, 4) is 0 Å². The van der Waals surface area contributed by atoms with Gasteiger partial charge in [0, 0.05) is 31.4 Å². The van der Waals surface area contributed by atoms with Crippen molar-refractivity contribution >= 4 is 23.3 Å². The summed E-state index contributed by atoms with van der Waals surface area (Å²) >= 11 is 0. The summed E-state index contributed by atoms with van der Waals surface area (Å²) in [5.41, 5.74) is 2.72. The predicted octanol–water partition coefficient (Wildman–Crippen LogP) is 3.68. The molecule has 1 atom stereocenters. The molecule has 0 radical (unpaired) electrons. The van der Waals surface area contributed by atoms with Crippen molar-refractivity contribution in [2.45, 2.75) is 45.6 Å². The number of nitrogens with one attached hydrogen (secondary N) is 2.